The summed E-state index contributed by atoms with van der Waals surface area (Å²) in [6, 6.07) is 13.5. The van der Waals surface area contributed by atoms with Crippen LogP contribution in [0.2, 0.25) is 0 Å². The van der Waals surface area contributed by atoms with Crippen molar-refractivity contribution in [1.29, 1.82) is 0 Å². The average Bonchev–Trinajstić information content (AvgIpc) is 2.41. The van der Waals surface area contributed by atoms with Gasteiger partial charge in [-0.05, 0) is 25.5 Å². The Balaban J connectivity index is 2.02. The molecule has 2 rings (SSSR count). The zero-order valence-electron chi connectivity index (χ0n) is 11.2. The predicted molar refractivity (Wildman–Crippen MR) is 76.2 cm³/mol. The van der Waals surface area contributed by atoms with Crippen LogP contribution in [0.1, 0.15) is 29.7 Å². The Labute approximate surface area is 113 Å². The minimum Gasteiger partial charge on any atom is -0.504 e. The first-order chi connectivity index (χ1) is 9.08. The highest BCUT2D eigenvalue weighted by Gasteiger charge is 2.08. The number of hydrogen-bond donors (Lipinski definition) is 3. The molecule has 0 aliphatic carbocycles. The summed E-state index contributed by atoms with van der Waals surface area (Å²) in [5.74, 6) is -0.131. The standard InChI is InChI=1S/C16H19NO2/c1-11-6-8-13(9-7-11)12(2)17-10-14-4-3-5-15(18)16(14)19/h3-9,12,17-19H,10H2,1-2H3. The molecule has 0 aliphatic heterocycles. The van der Waals surface area contributed by atoms with E-state index in [1.807, 2.05) is 0 Å². The van der Waals surface area contributed by atoms with E-state index >= 15 is 0 Å². The van der Waals surface area contributed by atoms with Crippen LogP contribution in [0.5, 0.6) is 11.5 Å². The Morgan fingerprint density at radius 1 is 1.05 bits per heavy atom. The van der Waals surface area contributed by atoms with E-state index in [4.69, 9.17) is 0 Å². The fourth-order valence-corrected chi connectivity index (χ4v) is 1.96. The fourth-order valence-electron chi connectivity index (χ4n) is 1.96. The zero-order chi connectivity index (χ0) is 13.8. The monoisotopic (exact) mass is 257 g/mol. The average molecular weight is 257 g/mol. The van der Waals surface area contributed by atoms with Crippen molar-refractivity contribution in [3.05, 3.63) is 59.2 Å². The van der Waals surface area contributed by atoms with Gasteiger partial charge in [-0.1, -0.05) is 42.0 Å². The maximum atomic E-state index is 9.73. The molecule has 100 valence electrons. The lowest BCUT2D eigenvalue weighted by Crippen LogP contribution is -2.18. The molecule has 0 bridgehead atoms. The van der Waals surface area contributed by atoms with Crippen molar-refractivity contribution in [1.82, 2.24) is 5.32 Å². The van der Waals surface area contributed by atoms with E-state index in [0.717, 1.165) is 0 Å². The van der Waals surface area contributed by atoms with E-state index in [1.54, 1.807) is 12.1 Å². The van der Waals surface area contributed by atoms with Gasteiger partial charge in [-0.15, -0.1) is 0 Å². The van der Waals surface area contributed by atoms with E-state index < -0.39 is 0 Å². The van der Waals surface area contributed by atoms with Crippen molar-refractivity contribution >= 4 is 0 Å². The maximum Gasteiger partial charge on any atom is 0.161 e. The summed E-state index contributed by atoms with van der Waals surface area (Å²) in [7, 11) is 0. The van der Waals surface area contributed by atoms with Crippen LogP contribution in [0, 0.1) is 6.92 Å². The van der Waals surface area contributed by atoms with Gasteiger partial charge in [0.1, 0.15) is 0 Å². The van der Waals surface area contributed by atoms with Gasteiger partial charge in [0.05, 0.1) is 0 Å². The van der Waals surface area contributed by atoms with E-state index in [9.17, 15) is 10.2 Å². The second kappa shape index (κ2) is 5.76. The van der Waals surface area contributed by atoms with E-state index in [0.29, 0.717) is 12.1 Å². The largest absolute Gasteiger partial charge is 0.504 e. The molecule has 0 amide bonds. The smallest absolute Gasteiger partial charge is 0.161 e. The number of aryl methyl sites for hydroxylation is 1. The summed E-state index contributed by atoms with van der Waals surface area (Å²) >= 11 is 0. The van der Waals surface area contributed by atoms with E-state index in [2.05, 4.69) is 43.4 Å². The lowest BCUT2D eigenvalue weighted by molar-refractivity contribution is 0.396. The summed E-state index contributed by atoms with van der Waals surface area (Å²) in [6.07, 6.45) is 0. The number of phenols is 2. The normalized spacial score (nSPS) is 12.3. The molecule has 0 fully saturated rings. The molecule has 19 heavy (non-hydrogen) atoms. The first-order valence-corrected chi connectivity index (χ1v) is 6.37. The first kappa shape index (κ1) is 13.4. The second-order valence-corrected chi connectivity index (χ2v) is 4.80. The maximum absolute atomic E-state index is 9.73. The van der Waals surface area contributed by atoms with Crippen molar-refractivity contribution in [2.45, 2.75) is 26.4 Å². The number of phenolic OH excluding ortho intramolecular Hbond substituents is 2. The highest BCUT2D eigenvalue weighted by molar-refractivity contribution is 5.44. The highest BCUT2D eigenvalue weighted by atomic mass is 16.3. The van der Waals surface area contributed by atoms with Crippen LogP contribution in [-0.2, 0) is 6.54 Å². The first-order valence-electron chi connectivity index (χ1n) is 6.37. The number of benzene rings is 2. The van der Waals surface area contributed by atoms with Gasteiger partial charge in [0, 0.05) is 18.2 Å². The Morgan fingerprint density at radius 3 is 2.42 bits per heavy atom. The highest BCUT2D eigenvalue weighted by Crippen LogP contribution is 2.28. The summed E-state index contributed by atoms with van der Waals surface area (Å²) in [4.78, 5) is 0. The van der Waals surface area contributed by atoms with Crippen molar-refractivity contribution in [2.24, 2.45) is 0 Å². The molecule has 0 spiro atoms. The number of para-hydroxylation sites is 1. The minimum atomic E-state index is -0.0812. The molecule has 0 heterocycles. The van der Waals surface area contributed by atoms with E-state index in [1.165, 1.54) is 17.2 Å². The van der Waals surface area contributed by atoms with Crippen LogP contribution in [0.4, 0.5) is 0 Å². The van der Waals surface area contributed by atoms with Gasteiger partial charge >= 0.3 is 0 Å². The molecule has 0 aliphatic rings. The molecule has 0 radical (unpaired) electrons. The van der Waals surface area contributed by atoms with Crippen molar-refractivity contribution in [3.8, 4) is 11.5 Å². The third kappa shape index (κ3) is 3.26. The number of rotatable bonds is 4. The van der Waals surface area contributed by atoms with Crippen molar-refractivity contribution in [2.75, 3.05) is 0 Å². The Kier molecular flexibility index (Phi) is 4.07. The number of aromatic hydroxyl groups is 2. The molecule has 0 saturated heterocycles. The lowest BCUT2D eigenvalue weighted by atomic mass is 10.1. The quantitative estimate of drug-likeness (QED) is 0.737. The molecule has 2 aromatic rings. The third-order valence-corrected chi connectivity index (χ3v) is 3.27. The topological polar surface area (TPSA) is 52.5 Å². The van der Waals surface area contributed by atoms with Gasteiger partial charge in [0.25, 0.3) is 0 Å². The third-order valence-electron chi connectivity index (χ3n) is 3.27. The molecule has 3 nitrogen and oxygen atoms in total. The summed E-state index contributed by atoms with van der Waals surface area (Å²) < 4.78 is 0. The van der Waals surface area contributed by atoms with Crippen LogP contribution in [0.3, 0.4) is 0 Å². The summed E-state index contributed by atoms with van der Waals surface area (Å²) in [6.45, 7) is 4.65. The van der Waals surface area contributed by atoms with Gasteiger partial charge in [-0.2, -0.15) is 0 Å². The van der Waals surface area contributed by atoms with Gasteiger partial charge < -0.3 is 15.5 Å². The molecule has 0 saturated carbocycles. The number of nitrogens with one attached hydrogen (secondary N) is 1. The van der Waals surface area contributed by atoms with Crippen LogP contribution < -0.4 is 5.32 Å². The minimum absolute atomic E-state index is 0.0499. The Hall–Kier alpha value is -2.00. The van der Waals surface area contributed by atoms with Crippen LogP contribution in [-0.4, -0.2) is 10.2 Å². The van der Waals surface area contributed by atoms with Gasteiger partial charge in [-0.25, -0.2) is 0 Å². The van der Waals surface area contributed by atoms with Crippen LogP contribution in [0.25, 0.3) is 0 Å². The van der Waals surface area contributed by atoms with Crippen molar-refractivity contribution < 1.29 is 10.2 Å². The van der Waals surface area contributed by atoms with Gasteiger partial charge in [0.2, 0.25) is 0 Å². The van der Waals surface area contributed by atoms with Crippen LogP contribution in [0.15, 0.2) is 42.5 Å². The Morgan fingerprint density at radius 2 is 1.74 bits per heavy atom. The summed E-state index contributed by atoms with van der Waals surface area (Å²) in [5, 5.41) is 22.5. The van der Waals surface area contributed by atoms with Crippen LogP contribution >= 0.6 is 0 Å². The predicted octanol–water partition coefficient (Wildman–Crippen LogP) is 3.26. The molecule has 3 heteroatoms. The SMILES string of the molecule is Cc1ccc(C(C)NCc2cccc(O)c2O)cc1. The number of hydrogen-bond acceptors (Lipinski definition) is 3. The van der Waals surface area contributed by atoms with Gasteiger partial charge in [0.15, 0.2) is 11.5 Å². The molecular weight excluding hydrogens is 238 g/mol. The van der Waals surface area contributed by atoms with Gasteiger partial charge in [-0.3, -0.25) is 0 Å². The Bertz CT molecular complexity index is 549. The van der Waals surface area contributed by atoms with E-state index in [-0.39, 0.29) is 17.5 Å². The molecular formula is C16H19NO2. The molecule has 1 atom stereocenters. The molecule has 0 aromatic heterocycles. The fraction of sp³-hybridized carbons (Fsp3) is 0.250. The second-order valence-electron chi connectivity index (χ2n) is 4.80. The lowest BCUT2D eigenvalue weighted by Gasteiger charge is -2.15. The molecule has 3 N–H and O–H groups in total. The zero-order valence-corrected chi connectivity index (χ0v) is 11.2. The van der Waals surface area contributed by atoms with Crippen molar-refractivity contribution in [3.63, 3.8) is 0 Å². The molecule has 1 unspecified atom stereocenters. The summed E-state index contributed by atoms with van der Waals surface area (Å²) in [5.41, 5.74) is 3.13. The molecule has 2 aromatic carbocycles.